The molecule has 0 heterocycles. The van der Waals surface area contributed by atoms with Crippen LogP contribution in [0.2, 0.25) is 0 Å². The maximum atomic E-state index is 9.85. The minimum Gasteiger partial charge on any atom is -0.347 e. The van der Waals surface area contributed by atoms with Crippen molar-refractivity contribution in [1.82, 2.24) is 0 Å². The number of ether oxygens (including phenoxy) is 1. The lowest BCUT2D eigenvalue weighted by Gasteiger charge is -1.77. The van der Waals surface area contributed by atoms with Crippen LogP contribution in [0.25, 0.3) is 0 Å². The molecule has 0 aromatic carbocycles. The SMILES string of the molecule is C=C.C=CC(=O)OC#N. The van der Waals surface area contributed by atoms with Crippen LogP contribution in [0.1, 0.15) is 0 Å². The summed E-state index contributed by atoms with van der Waals surface area (Å²) in [5.74, 6) is -0.720. The van der Waals surface area contributed by atoms with E-state index in [-0.39, 0.29) is 0 Å². The Morgan fingerprint density at radius 3 is 2.22 bits per heavy atom. The van der Waals surface area contributed by atoms with Gasteiger partial charge in [-0.05, 0) is 0 Å². The number of esters is 1. The zero-order valence-electron chi connectivity index (χ0n) is 4.96. The van der Waals surface area contributed by atoms with Crippen molar-refractivity contribution in [2.24, 2.45) is 0 Å². The first-order valence-electron chi connectivity index (χ1n) is 2.03. The number of rotatable bonds is 1. The molecule has 9 heavy (non-hydrogen) atoms. The molecule has 0 atom stereocenters. The Morgan fingerprint density at radius 1 is 1.67 bits per heavy atom. The molecule has 0 radical (unpaired) electrons. The molecule has 3 nitrogen and oxygen atoms in total. The summed E-state index contributed by atoms with van der Waals surface area (Å²) in [5.41, 5.74) is 0. The second kappa shape index (κ2) is 9.67. The molecular formula is C6H7NO2. The predicted molar refractivity (Wildman–Crippen MR) is 33.2 cm³/mol. The van der Waals surface area contributed by atoms with Crippen LogP contribution in [0.15, 0.2) is 25.8 Å². The van der Waals surface area contributed by atoms with Gasteiger partial charge in [-0.1, -0.05) is 6.58 Å². The number of hydrogen-bond acceptors (Lipinski definition) is 3. The predicted octanol–water partition coefficient (Wildman–Crippen LogP) is 0.999. The summed E-state index contributed by atoms with van der Waals surface area (Å²) < 4.78 is 3.74. The first-order valence-corrected chi connectivity index (χ1v) is 2.03. The Hall–Kier alpha value is -1.56. The van der Waals surface area contributed by atoms with Crippen molar-refractivity contribution in [3.63, 3.8) is 0 Å². The fraction of sp³-hybridized carbons (Fsp3) is 0. The van der Waals surface area contributed by atoms with Gasteiger partial charge >= 0.3 is 5.97 Å². The molecule has 48 valence electrons. The molecule has 0 aliphatic rings. The fourth-order valence-electron chi connectivity index (χ4n) is 0.0867. The zero-order chi connectivity index (χ0) is 7.70. The van der Waals surface area contributed by atoms with Crippen molar-refractivity contribution < 1.29 is 9.53 Å². The molecule has 3 heteroatoms. The van der Waals surface area contributed by atoms with Crippen LogP contribution in [-0.4, -0.2) is 5.97 Å². The van der Waals surface area contributed by atoms with Gasteiger partial charge in [0.15, 0.2) is 0 Å². The maximum Gasteiger partial charge on any atom is 0.345 e. The average molecular weight is 125 g/mol. The van der Waals surface area contributed by atoms with E-state index >= 15 is 0 Å². The molecule has 0 unspecified atom stereocenters. The monoisotopic (exact) mass is 125 g/mol. The van der Waals surface area contributed by atoms with Gasteiger partial charge in [-0.25, -0.2) is 4.79 Å². The summed E-state index contributed by atoms with van der Waals surface area (Å²) in [5, 5.41) is 7.63. The van der Waals surface area contributed by atoms with Crippen molar-refractivity contribution in [3.05, 3.63) is 25.8 Å². The van der Waals surface area contributed by atoms with Gasteiger partial charge < -0.3 is 4.74 Å². The van der Waals surface area contributed by atoms with E-state index in [0.29, 0.717) is 0 Å². The van der Waals surface area contributed by atoms with Crippen LogP contribution in [0.5, 0.6) is 0 Å². The lowest BCUT2D eigenvalue weighted by molar-refractivity contribution is -0.131. The summed E-state index contributed by atoms with van der Waals surface area (Å²) in [7, 11) is 0. The second-order valence-corrected chi connectivity index (χ2v) is 0.717. The summed E-state index contributed by atoms with van der Waals surface area (Å²) >= 11 is 0. The molecular weight excluding hydrogens is 118 g/mol. The Morgan fingerprint density at radius 2 is 2.11 bits per heavy atom. The van der Waals surface area contributed by atoms with E-state index in [1.807, 2.05) is 0 Å². The van der Waals surface area contributed by atoms with E-state index in [0.717, 1.165) is 6.08 Å². The summed E-state index contributed by atoms with van der Waals surface area (Å²) in [6.07, 6.45) is 2.12. The molecule has 0 saturated carbocycles. The Bertz CT molecular complexity index is 134. The highest BCUT2D eigenvalue weighted by Gasteiger charge is 1.87. The van der Waals surface area contributed by atoms with Gasteiger partial charge in [-0.15, -0.1) is 18.4 Å². The van der Waals surface area contributed by atoms with Gasteiger partial charge in [-0.2, -0.15) is 0 Å². The Labute approximate surface area is 53.9 Å². The molecule has 0 aliphatic heterocycles. The van der Waals surface area contributed by atoms with E-state index in [9.17, 15) is 4.79 Å². The third kappa shape index (κ3) is 10.7. The lowest BCUT2D eigenvalue weighted by Crippen LogP contribution is -1.91. The molecule has 0 saturated heterocycles. The molecule has 0 fully saturated rings. The molecule has 0 aliphatic carbocycles. The molecule has 0 N–H and O–H groups in total. The number of nitriles is 1. The van der Waals surface area contributed by atoms with Gasteiger partial charge in [0.1, 0.15) is 0 Å². The van der Waals surface area contributed by atoms with E-state index in [4.69, 9.17) is 5.26 Å². The first kappa shape index (κ1) is 10.4. The van der Waals surface area contributed by atoms with Crippen LogP contribution < -0.4 is 0 Å². The third-order valence-electron chi connectivity index (χ3n) is 0.313. The topological polar surface area (TPSA) is 50.1 Å². The van der Waals surface area contributed by atoms with E-state index in [1.54, 1.807) is 0 Å². The minimum absolute atomic E-state index is 0.720. The summed E-state index contributed by atoms with van der Waals surface area (Å²) in [6, 6.07) is 0. The summed E-state index contributed by atoms with van der Waals surface area (Å²) in [4.78, 5) is 9.85. The Balaban J connectivity index is 0. The fourth-order valence-corrected chi connectivity index (χ4v) is 0.0867. The highest BCUT2D eigenvalue weighted by Crippen LogP contribution is 1.71. The average Bonchev–Trinajstić information content (AvgIpc) is 1.93. The minimum atomic E-state index is -0.720. The van der Waals surface area contributed by atoms with Gasteiger partial charge in [0.2, 0.25) is 0 Å². The zero-order valence-corrected chi connectivity index (χ0v) is 4.96. The van der Waals surface area contributed by atoms with Crippen molar-refractivity contribution in [3.8, 4) is 6.26 Å². The normalized spacial score (nSPS) is 5.22. The van der Waals surface area contributed by atoms with Crippen LogP contribution in [0, 0.1) is 11.5 Å². The quantitative estimate of drug-likeness (QED) is 0.227. The van der Waals surface area contributed by atoms with Gasteiger partial charge in [0.25, 0.3) is 6.26 Å². The van der Waals surface area contributed by atoms with Gasteiger partial charge in [-0.3, -0.25) is 0 Å². The summed E-state index contributed by atoms with van der Waals surface area (Å²) in [6.45, 7) is 9.05. The molecule has 0 aromatic rings. The van der Waals surface area contributed by atoms with Crippen molar-refractivity contribution in [1.29, 1.82) is 5.26 Å². The lowest BCUT2D eigenvalue weighted by atomic mass is 10.7. The van der Waals surface area contributed by atoms with Crippen molar-refractivity contribution >= 4 is 5.97 Å². The highest BCUT2D eigenvalue weighted by molar-refractivity contribution is 5.81. The number of carbonyl (C=O) groups excluding carboxylic acids is 1. The molecule has 0 bridgehead atoms. The standard InChI is InChI=1S/C4H3NO2.C2H4/c1-2-4(6)7-3-5;1-2/h2H,1H2;1-2H2. The van der Waals surface area contributed by atoms with Gasteiger partial charge in [0.05, 0.1) is 0 Å². The second-order valence-electron chi connectivity index (χ2n) is 0.717. The molecule has 0 rings (SSSR count). The molecule has 0 spiro atoms. The number of nitrogens with zero attached hydrogens (tertiary/aromatic N) is 1. The first-order chi connectivity index (χ1) is 4.31. The van der Waals surface area contributed by atoms with E-state index in [1.165, 1.54) is 6.26 Å². The molecule has 0 aromatic heterocycles. The van der Waals surface area contributed by atoms with Crippen LogP contribution in [0.3, 0.4) is 0 Å². The third-order valence-corrected chi connectivity index (χ3v) is 0.313. The number of carbonyl (C=O) groups is 1. The van der Waals surface area contributed by atoms with Crippen LogP contribution in [0.4, 0.5) is 0 Å². The number of hydrogen-bond donors (Lipinski definition) is 0. The van der Waals surface area contributed by atoms with E-state index < -0.39 is 5.97 Å². The van der Waals surface area contributed by atoms with Crippen molar-refractivity contribution in [2.75, 3.05) is 0 Å². The largest absolute Gasteiger partial charge is 0.347 e. The smallest absolute Gasteiger partial charge is 0.345 e. The van der Waals surface area contributed by atoms with Crippen molar-refractivity contribution in [2.45, 2.75) is 0 Å². The van der Waals surface area contributed by atoms with Crippen LogP contribution in [-0.2, 0) is 9.53 Å². The maximum absolute atomic E-state index is 9.85. The van der Waals surface area contributed by atoms with Gasteiger partial charge in [0, 0.05) is 6.08 Å². The molecule has 0 amide bonds. The highest BCUT2D eigenvalue weighted by atomic mass is 16.5. The van der Waals surface area contributed by atoms with Crippen LogP contribution >= 0.6 is 0 Å². The van der Waals surface area contributed by atoms with E-state index in [2.05, 4.69) is 24.5 Å². The Kier molecular flexibility index (Phi) is 11.2.